The summed E-state index contributed by atoms with van der Waals surface area (Å²) in [6.45, 7) is 4.39. The first-order valence-electron chi connectivity index (χ1n) is 4.93. The van der Waals surface area contributed by atoms with Crippen LogP contribution in [0.3, 0.4) is 0 Å². The second-order valence-electron chi connectivity index (χ2n) is 3.37. The van der Waals surface area contributed by atoms with Crippen molar-refractivity contribution in [3.05, 3.63) is 28.6 Å². The van der Waals surface area contributed by atoms with Crippen molar-refractivity contribution in [3.63, 3.8) is 0 Å². The van der Waals surface area contributed by atoms with E-state index in [0.717, 1.165) is 5.76 Å². The van der Waals surface area contributed by atoms with E-state index in [1.165, 1.54) is 11.8 Å². The molecule has 0 aliphatic carbocycles. The van der Waals surface area contributed by atoms with E-state index >= 15 is 0 Å². The summed E-state index contributed by atoms with van der Waals surface area (Å²) in [6.07, 6.45) is 1.74. The normalized spacial score (nSPS) is 18.9. The minimum atomic E-state index is -0.0356. The summed E-state index contributed by atoms with van der Waals surface area (Å²) in [5.74, 6) is 1.48. The number of nitrogens with zero attached hydrogens (tertiary/aromatic N) is 1. The first kappa shape index (κ1) is 11.4. The van der Waals surface area contributed by atoms with E-state index in [2.05, 4.69) is 0 Å². The maximum atomic E-state index is 11.9. The van der Waals surface area contributed by atoms with E-state index in [1.54, 1.807) is 11.0 Å². The third-order valence-corrected chi connectivity index (χ3v) is 3.60. The second-order valence-corrected chi connectivity index (χ2v) is 5.05. The molecule has 1 aliphatic rings. The predicted molar refractivity (Wildman–Crippen MR) is 69.0 cm³/mol. The Morgan fingerprint density at radius 3 is 2.81 bits per heavy atom. The fourth-order valence-corrected chi connectivity index (χ4v) is 2.80. The van der Waals surface area contributed by atoms with Crippen molar-refractivity contribution in [2.75, 3.05) is 6.54 Å². The molecule has 0 aromatic carbocycles. The Bertz CT molecular complexity index is 476. The molecule has 3 nitrogen and oxygen atoms in total. The molecule has 0 spiro atoms. The smallest absolute Gasteiger partial charge is 0.266 e. The molecule has 1 amide bonds. The van der Waals surface area contributed by atoms with E-state index in [-0.39, 0.29) is 5.91 Å². The van der Waals surface area contributed by atoms with Crippen LogP contribution >= 0.6 is 24.0 Å². The molecular formula is C11H11NO2S2. The average Bonchev–Trinajstić information content (AvgIpc) is 2.74. The lowest BCUT2D eigenvalue weighted by molar-refractivity contribution is -0.121. The van der Waals surface area contributed by atoms with Gasteiger partial charge >= 0.3 is 0 Å². The summed E-state index contributed by atoms with van der Waals surface area (Å²) in [6, 6.07) is 3.71. The molecule has 2 heterocycles. The number of aryl methyl sites for hydroxylation is 1. The van der Waals surface area contributed by atoms with E-state index in [4.69, 9.17) is 16.6 Å². The monoisotopic (exact) mass is 253 g/mol. The summed E-state index contributed by atoms with van der Waals surface area (Å²) < 4.78 is 6.01. The van der Waals surface area contributed by atoms with Gasteiger partial charge in [0.15, 0.2) is 0 Å². The molecule has 1 aromatic rings. The van der Waals surface area contributed by atoms with E-state index in [9.17, 15) is 4.79 Å². The van der Waals surface area contributed by atoms with Crippen molar-refractivity contribution in [2.24, 2.45) is 0 Å². The van der Waals surface area contributed by atoms with Gasteiger partial charge in [-0.05, 0) is 26.0 Å². The number of likely N-dealkylation sites (N-methyl/N-ethyl adjacent to an activating group) is 1. The average molecular weight is 253 g/mol. The molecule has 0 bridgehead atoms. The van der Waals surface area contributed by atoms with Crippen molar-refractivity contribution < 1.29 is 9.21 Å². The van der Waals surface area contributed by atoms with Crippen molar-refractivity contribution in [1.29, 1.82) is 0 Å². The Hall–Kier alpha value is -1.07. The largest absolute Gasteiger partial charge is 0.462 e. The van der Waals surface area contributed by atoms with Gasteiger partial charge < -0.3 is 4.42 Å². The van der Waals surface area contributed by atoms with E-state index < -0.39 is 0 Å². The molecule has 1 aliphatic heterocycles. The van der Waals surface area contributed by atoms with Gasteiger partial charge in [0.05, 0.1) is 4.91 Å². The van der Waals surface area contributed by atoms with Crippen LogP contribution in [0.25, 0.3) is 6.08 Å². The molecule has 0 saturated carbocycles. The summed E-state index contributed by atoms with van der Waals surface area (Å²) in [7, 11) is 0. The van der Waals surface area contributed by atoms with Crippen LogP contribution in [0.15, 0.2) is 21.5 Å². The number of carbonyl (C=O) groups is 1. The highest BCUT2D eigenvalue weighted by atomic mass is 32.2. The third-order valence-electron chi connectivity index (χ3n) is 2.22. The number of thioether (sulfide) groups is 1. The zero-order valence-corrected chi connectivity index (χ0v) is 10.7. The molecule has 2 rings (SSSR count). The van der Waals surface area contributed by atoms with Crippen LogP contribution in [0.5, 0.6) is 0 Å². The fraction of sp³-hybridized carbons (Fsp3) is 0.273. The Morgan fingerprint density at radius 1 is 1.56 bits per heavy atom. The van der Waals surface area contributed by atoms with Crippen LogP contribution in [0.1, 0.15) is 18.4 Å². The molecular weight excluding hydrogens is 242 g/mol. The van der Waals surface area contributed by atoms with Crippen LogP contribution in [0.2, 0.25) is 0 Å². The van der Waals surface area contributed by atoms with Crippen molar-refractivity contribution >= 4 is 40.3 Å². The van der Waals surface area contributed by atoms with Crippen LogP contribution in [-0.4, -0.2) is 21.7 Å². The minimum Gasteiger partial charge on any atom is -0.462 e. The lowest BCUT2D eigenvalue weighted by atomic mass is 10.3. The quantitative estimate of drug-likeness (QED) is 0.599. The van der Waals surface area contributed by atoms with E-state index in [1.807, 2.05) is 26.0 Å². The Kier molecular flexibility index (Phi) is 3.16. The van der Waals surface area contributed by atoms with Gasteiger partial charge in [-0.2, -0.15) is 0 Å². The van der Waals surface area contributed by atoms with Gasteiger partial charge in [0.25, 0.3) is 5.91 Å². The molecule has 1 saturated heterocycles. The summed E-state index contributed by atoms with van der Waals surface area (Å²) >= 11 is 6.43. The van der Waals surface area contributed by atoms with E-state index in [0.29, 0.717) is 21.5 Å². The highest BCUT2D eigenvalue weighted by molar-refractivity contribution is 8.26. The van der Waals surface area contributed by atoms with Gasteiger partial charge in [0.2, 0.25) is 0 Å². The number of hydrogen-bond acceptors (Lipinski definition) is 4. The summed E-state index contributed by atoms with van der Waals surface area (Å²) in [5, 5.41) is 0. The first-order chi connectivity index (χ1) is 7.61. The maximum Gasteiger partial charge on any atom is 0.266 e. The number of hydrogen-bond donors (Lipinski definition) is 0. The highest BCUT2D eigenvalue weighted by Gasteiger charge is 2.30. The zero-order valence-electron chi connectivity index (χ0n) is 9.02. The molecule has 0 unspecified atom stereocenters. The van der Waals surface area contributed by atoms with Crippen LogP contribution < -0.4 is 0 Å². The molecule has 1 fully saturated rings. The van der Waals surface area contributed by atoms with Gasteiger partial charge in [-0.1, -0.05) is 24.0 Å². The lowest BCUT2D eigenvalue weighted by Crippen LogP contribution is -2.27. The van der Waals surface area contributed by atoms with Gasteiger partial charge in [-0.15, -0.1) is 0 Å². The zero-order chi connectivity index (χ0) is 11.7. The van der Waals surface area contributed by atoms with Crippen LogP contribution in [0.4, 0.5) is 0 Å². The Labute approximate surface area is 103 Å². The van der Waals surface area contributed by atoms with Crippen LogP contribution in [0, 0.1) is 6.92 Å². The summed E-state index contributed by atoms with van der Waals surface area (Å²) in [5.41, 5.74) is 0. The number of amides is 1. The third kappa shape index (κ3) is 2.05. The van der Waals surface area contributed by atoms with Crippen molar-refractivity contribution in [1.82, 2.24) is 4.90 Å². The molecule has 1 aromatic heterocycles. The molecule has 5 heteroatoms. The van der Waals surface area contributed by atoms with Gasteiger partial charge in [0.1, 0.15) is 15.8 Å². The number of rotatable bonds is 2. The van der Waals surface area contributed by atoms with Crippen LogP contribution in [-0.2, 0) is 4.79 Å². The SMILES string of the molecule is CCN1C(=O)/C(=C\c2ccc(C)o2)SC1=S. The second kappa shape index (κ2) is 4.43. The summed E-state index contributed by atoms with van der Waals surface area (Å²) in [4.78, 5) is 14.1. The van der Waals surface area contributed by atoms with Crippen molar-refractivity contribution in [3.8, 4) is 0 Å². The van der Waals surface area contributed by atoms with Gasteiger partial charge in [-0.3, -0.25) is 9.69 Å². The topological polar surface area (TPSA) is 33.5 Å². The van der Waals surface area contributed by atoms with Crippen molar-refractivity contribution in [2.45, 2.75) is 13.8 Å². The molecule has 0 N–H and O–H groups in total. The molecule has 84 valence electrons. The molecule has 16 heavy (non-hydrogen) atoms. The standard InChI is InChI=1S/C11H11NO2S2/c1-3-12-10(13)9(16-11(12)15)6-8-5-4-7(2)14-8/h4-6H,3H2,1-2H3/b9-6+. The molecule has 0 radical (unpaired) electrons. The molecule has 0 atom stereocenters. The lowest BCUT2D eigenvalue weighted by Gasteiger charge is -2.09. The fourth-order valence-electron chi connectivity index (χ4n) is 1.43. The van der Waals surface area contributed by atoms with Gasteiger partial charge in [0, 0.05) is 12.6 Å². The minimum absolute atomic E-state index is 0.0356. The number of carbonyl (C=O) groups excluding carboxylic acids is 1. The maximum absolute atomic E-state index is 11.9. The number of furan rings is 1. The number of thiocarbonyl (C=S) groups is 1. The highest BCUT2D eigenvalue weighted by Crippen LogP contribution is 2.32. The Morgan fingerprint density at radius 2 is 2.31 bits per heavy atom. The first-order valence-corrected chi connectivity index (χ1v) is 6.16. The van der Waals surface area contributed by atoms with Gasteiger partial charge in [-0.25, -0.2) is 0 Å². The Balaban J connectivity index is 2.27. The predicted octanol–water partition coefficient (Wildman–Crippen LogP) is 2.81.